The quantitative estimate of drug-likeness (QED) is 0.710. The predicted octanol–water partition coefficient (Wildman–Crippen LogP) is 4.18. The molecule has 1 fully saturated rings. The van der Waals surface area contributed by atoms with Crippen molar-refractivity contribution in [3.8, 4) is 11.5 Å². The molecule has 4 heteroatoms. The second-order valence-electron chi connectivity index (χ2n) is 6.99. The molecule has 0 saturated carbocycles. The van der Waals surface area contributed by atoms with E-state index in [0.29, 0.717) is 0 Å². The first kappa shape index (κ1) is 15.2. The molecule has 1 aliphatic rings. The molecule has 4 rings (SSSR count). The SMILES string of the molecule is Cc1ccc(N2CCC(C)CC2)nc1-c1nc2ccccc2n1C. The van der Waals surface area contributed by atoms with Crippen molar-refractivity contribution in [3.05, 3.63) is 42.0 Å². The molecule has 3 aromatic rings. The Balaban J connectivity index is 1.77. The Hall–Kier alpha value is -2.36. The number of aromatic nitrogens is 3. The van der Waals surface area contributed by atoms with Gasteiger partial charge in [0, 0.05) is 20.1 Å². The molecular weight excluding hydrogens is 296 g/mol. The van der Waals surface area contributed by atoms with Crippen LogP contribution in [-0.4, -0.2) is 27.6 Å². The van der Waals surface area contributed by atoms with E-state index >= 15 is 0 Å². The number of imidazole rings is 1. The molecule has 3 heterocycles. The zero-order valence-corrected chi connectivity index (χ0v) is 14.7. The van der Waals surface area contributed by atoms with E-state index in [-0.39, 0.29) is 0 Å². The molecule has 124 valence electrons. The highest BCUT2D eigenvalue weighted by Crippen LogP contribution is 2.28. The molecule has 0 radical (unpaired) electrons. The highest BCUT2D eigenvalue weighted by Gasteiger charge is 2.19. The molecule has 0 amide bonds. The molecule has 0 spiro atoms. The van der Waals surface area contributed by atoms with E-state index in [9.17, 15) is 0 Å². The molecule has 0 atom stereocenters. The third-order valence-corrected chi connectivity index (χ3v) is 5.19. The van der Waals surface area contributed by atoms with Crippen molar-refractivity contribution in [2.45, 2.75) is 26.7 Å². The van der Waals surface area contributed by atoms with Crippen LogP contribution in [0.5, 0.6) is 0 Å². The number of rotatable bonds is 2. The smallest absolute Gasteiger partial charge is 0.159 e. The molecule has 2 aromatic heterocycles. The van der Waals surface area contributed by atoms with Crippen LogP contribution in [0.15, 0.2) is 36.4 Å². The normalized spacial score (nSPS) is 16.0. The summed E-state index contributed by atoms with van der Waals surface area (Å²) < 4.78 is 2.15. The van der Waals surface area contributed by atoms with E-state index in [4.69, 9.17) is 9.97 Å². The van der Waals surface area contributed by atoms with Gasteiger partial charge in [-0.15, -0.1) is 0 Å². The summed E-state index contributed by atoms with van der Waals surface area (Å²) in [5.74, 6) is 2.85. The molecule has 24 heavy (non-hydrogen) atoms. The van der Waals surface area contributed by atoms with Crippen LogP contribution < -0.4 is 4.90 Å². The van der Waals surface area contributed by atoms with Gasteiger partial charge in [0.1, 0.15) is 11.5 Å². The summed E-state index contributed by atoms with van der Waals surface area (Å²) in [7, 11) is 2.07. The lowest BCUT2D eigenvalue weighted by molar-refractivity contribution is 0.436. The Labute approximate surface area is 143 Å². The summed E-state index contributed by atoms with van der Waals surface area (Å²) in [4.78, 5) is 12.2. The number of pyridine rings is 1. The van der Waals surface area contributed by atoms with Gasteiger partial charge in [-0.25, -0.2) is 9.97 Å². The minimum Gasteiger partial charge on any atom is -0.357 e. The van der Waals surface area contributed by atoms with Gasteiger partial charge in [-0.3, -0.25) is 0 Å². The number of fused-ring (bicyclic) bond motifs is 1. The zero-order chi connectivity index (χ0) is 16.7. The van der Waals surface area contributed by atoms with E-state index in [1.807, 2.05) is 6.07 Å². The van der Waals surface area contributed by atoms with Crippen molar-refractivity contribution in [2.75, 3.05) is 18.0 Å². The lowest BCUT2D eigenvalue weighted by Crippen LogP contribution is -2.33. The van der Waals surface area contributed by atoms with Crippen LogP contribution in [0.1, 0.15) is 25.3 Å². The van der Waals surface area contributed by atoms with Crippen LogP contribution in [0.2, 0.25) is 0 Å². The summed E-state index contributed by atoms with van der Waals surface area (Å²) in [5.41, 5.74) is 4.33. The number of hydrogen-bond acceptors (Lipinski definition) is 3. The zero-order valence-electron chi connectivity index (χ0n) is 14.7. The van der Waals surface area contributed by atoms with E-state index in [2.05, 4.69) is 60.7 Å². The maximum Gasteiger partial charge on any atom is 0.159 e. The summed E-state index contributed by atoms with van der Waals surface area (Å²) in [6.07, 6.45) is 2.49. The summed E-state index contributed by atoms with van der Waals surface area (Å²) in [6, 6.07) is 12.6. The largest absolute Gasteiger partial charge is 0.357 e. The van der Waals surface area contributed by atoms with Gasteiger partial charge in [-0.2, -0.15) is 0 Å². The standard InChI is InChI=1S/C20H24N4/c1-14-10-12-24(13-11-14)18-9-8-15(2)19(22-18)20-21-16-6-4-5-7-17(16)23(20)3/h4-9,14H,10-13H2,1-3H3. The Morgan fingerprint density at radius 3 is 2.50 bits per heavy atom. The molecule has 0 N–H and O–H groups in total. The fourth-order valence-corrected chi connectivity index (χ4v) is 3.52. The second-order valence-corrected chi connectivity index (χ2v) is 6.99. The van der Waals surface area contributed by atoms with Gasteiger partial charge >= 0.3 is 0 Å². The van der Waals surface area contributed by atoms with Gasteiger partial charge < -0.3 is 9.47 Å². The van der Waals surface area contributed by atoms with E-state index in [0.717, 1.165) is 47.4 Å². The van der Waals surface area contributed by atoms with Crippen molar-refractivity contribution in [2.24, 2.45) is 13.0 Å². The molecule has 4 nitrogen and oxygen atoms in total. The number of benzene rings is 1. The van der Waals surface area contributed by atoms with Crippen LogP contribution in [-0.2, 0) is 7.05 Å². The van der Waals surface area contributed by atoms with Gasteiger partial charge in [-0.1, -0.05) is 25.1 Å². The van der Waals surface area contributed by atoms with E-state index in [1.165, 1.54) is 18.4 Å². The average Bonchev–Trinajstić information content (AvgIpc) is 2.93. The van der Waals surface area contributed by atoms with E-state index in [1.54, 1.807) is 0 Å². The highest BCUT2D eigenvalue weighted by atomic mass is 15.2. The number of aryl methyl sites for hydroxylation is 2. The Morgan fingerprint density at radius 1 is 1.00 bits per heavy atom. The summed E-state index contributed by atoms with van der Waals surface area (Å²) >= 11 is 0. The first-order valence-electron chi connectivity index (χ1n) is 8.78. The number of nitrogens with zero attached hydrogens (tertiary/aromatic N) is 4. The lowest BCUT2D eigenvalue weighted by atomic mass is 9.99. The topological polar surface area (TPSA) is 34.0 Å². The van der Waals surface area contributed by atoms with Crippen LogP contribution >= 0.6 is 0 Å². The molecular formula is C20H24N4. The van der Waals surface area contributed by atoms with Crippen molar-refractivity contribution >= 4 is 16.9 Å². The Kier molecular flexibility index (Phi) is 3.75. The fourth-order valence-electron chi connectivity index (χ4n) is 3.52. The maximum absolute atomic E-state index is 4.99. The van der Waals surface area contributed by atoms with Crippen LogP contribution in [0.3, 0.4) is 0 Å². The third kappa shape index (κ3) is 2.56. The summed E-state index contributed by atoms with van der Waals surface area (Å²) in [5, 5.41) is 0. The molecule has 1 aliphatic heterocycles. The van der Waals surface area contributed by atoms with Crippen LogP contribution in [0, 0.1) is 12.8 Å². The van der Waals surface area contributed by atoms with Crippen molar-refractivity contribution in [1.82, 2.24) is 14.5 Å². The minimum atomic E-state index is 0.825. The average molecular weight is 320 g/mol. The van der Waals surface area contributed by atoms with Crippen molar-refractivity contribution in [3.63, 3.8) is 0 Å². The van der Waals surface area contributed by atoms with Gasteiger partial charge in [-0.05, 0) is 49.4 Å². The highest BCUT2D eigenvalue weighted by molar-refractivity contribution is 5.80. The molecule has 0 aliphatic carbocycles. The number of para-hydroxylation sites is 2. The van der Waals surface area contributed by atoms with Crippen LogP contribution in [0.25, 0.3) is 22.6 Å². The third-order valence-electron chi connectivity index (χ3n) is 5.19. The number of anilines is 1. The van der Waals surface area contributed by atoms with Gasteiger partial charge in [0.2, 0.25) is 0 Å². The monoisotopic (exact) mass is 320 g/mol. The minimum absolute atomic E-state index is 0.825. The van der Waals surface area contributed by atoms with Gasteiger partial charge in [0.05, 0.1) is 11.0 Å². The predicted molar refractivity (Wildman–Crippen MR) is 99.3 cm³/mol. The first-order valence-corrected chi connectivity index (χ1v) is 8.78. The number of hydrogen-bond donors (Lipinski definition) is 0. The fraction of sp³-hybridized carbons (Fsp3) is 0.400. The molecule has 0 unspecified atom stereocenters. The Morgan fingerprint density at radius 2 is 1.75 bits per heavy atom. The van der Waals surface area contributed by atoms with Gasteiger partial charge in [0.25, 0.3) is 0 Å². The Bertz CT molecular complexity index is 872. The van der Waals surface area contributed by atoms with Gasteiger partial charge in [0.15, 0.2) is 5.82 Å². The van der Waals surface area contributed by atoms with Crippen molar-refractivity contribution < 1.29 is 0 Å². The number of piperidine rings is 1. The molecule has 0 bridgehead atoms. The van der Waals surface area contributed by atoms with Crippen LogP contribution in [0.4, 0.5) is 5.82 Å². The maximum atomic E-state index is 4.99. The first-order chi connectivity index (χ1) is 11.6. The van der Waals surface area contributed by atoms with Crippen molar-refractivity contribution in [1.29, 1.82) is 0 Å². The van der Waals surface area contributed by atoms with E-state index < -0.39 is 0 Å². The molecule has 1 aromatic carbocycles. The molecule has 1 saturated heterocycles. The lowest BCUT2D eigenvalue weighted by Gasteiger charge is -2.31. The second kappa shape index (κ2) is 5.93. The summed E-state index contributed by atoms with van der Waals surface area (Å²) in [6.45, 7) is 6.65.